The summed E-state index contributed by atoms with van der Waals surface area (Å²) in [5.41, 5.74) is 1.58. The van der Waals surface area contributed by atoms with E-state index in [1.807, 2.05) is 18.2 Å². The maximum atomic E-state index is 12.4. The maximum Gasteiger partial charge on any atom is 0.272 e. The van der Waals surface area contributed by atoms with Crippen LogP contribution in [0.15, 0.2) is 42.7 Å². The minimum absolute atomic E-state index is 0.0729. The van der Waals surface area contributed by atoms with Gasteiger partial charge in [0.25, 0.3) is 5.91 Å². The molecule has 23 heavy (non-hydrogen) atoms. The van der Waals surface area contributed by atoms with Crippen LogP contribution in [0.1, 0.15) is 48.8 Å². The van der Waals surface area contributed by atoms with E-state index in [0.717, 1.165) is 19.4 Å². The zero-order valence-corrected chi connectivity index (χ0v) is 14.0. The van der Waals surface area contributed by atoms with Gasteiger partial charge in [0.05, 0.1) is 0 Å². The summed E-state index contributed by atoms with van der Waals surface area (Å²) in [5.74, 6) is 0.583. The Morgan fingerprint density at radius 3 is 2.70 bits per heavy atom. The van der Waals surface area contributed by atoms with Gasteiger partial charge in [-0.1, -0.05) is 43.7 Å². The van der Waals surface area contributed by atoms with Crippen LogP contribution in [0.3, 0.4) is 0 Å². The first kappa shape index (κ1) is 16.9. The fraction of sp³-hybridized carbons (Fsp3) is 0.389. The number of hydrogen-bond acceptors (Lipinski definition) is 4. The summed E-state index contributed by atoms with van der Waals surface area (Å²) in [6, 6.07) is 11.9. The SMILES string of the molecule is CCCCN(C)C(=O)c1cc(NC(C)c2ccccc2)ncn1. The summed E-state index contributed by atoms with van der Waals surface area (Å²) in [4.78, 5) is 22.4. The standard InChI is InChI=1S/C18H24N4O/c1-4-5-11-22(3)18(23)16-12-17(20-13-19-16)21-14(2)15-9-7-6-8-10-15/h6-10,12-14H,4-5,11H2,1-3H3,(H,19,20,21). The van der Waals surface area contributed by atoms with Gasteiger partial charge in [0, 0.05) is 25.7 Å². The van der Waals surface area contributed by atoms with E-state index in [-0.39, 0.29) is 11.9 Å². The quantitative estimate of drug-likeness (QED) is 0.850. The molecular weight excluding hydrogens is 288 g/mol. The Morgan fingerprint density at radius 2 is 2.00 bits per heavy atom. The molecule has 0 radical (unpaired) electrons. The average Bonchev–Trinajstić information content (AvgIpc) is 2.60. The summed E-state index contributed by atoms with van der Waals surface area (Å²) in [6.45, 7) is 4.91. The molecule has 0 aliphatic carbocycles. The van der Waals surface area contributed by atoms with Crippen molar-refractivity contribution in [3.05, 3.63) is 54.0 Å². The highest BCUT2D eigenvalue weighted by molar-refractivity contribution is 5.92. The van der Waals surface area contributed by atoms with Gasteiger partial charge in [-0.3, -0.25) is 4.79 Å². The third-order valence-corrected chi connectivity index (χ3v) is 3.74. The van der Waals surface area contributed by atoms with Crippen LogP contribution >= 0.6 is 0 Å². The van der Waals surface area contributed by atoms with Crippen molar-refractivity contribution in [3.63, 3.8) is 0 Å². The molecule has 1 N–H and O–H groups in total. The molecule has 0 spiro atoms. The van der Waals surface area contributed by atoms with Gasteiger partial charge in [0.1, 0.15) is 17.8 Å². The van der Waals surface area contributed by atoms with Crippen molar-refractivity contribution in [1.82, 2.24) is 14.9 Å². The van der Waals surface area contributed by atoms with Gasteiger partial charge in [-0.15, -0.1) is 0 Å². The molecule has 1 unspecified atom stereocenters. The first-order valence-corrected chi connectivity index (χ1v) is 8.00. The van der Waals surface area contributed by atoms with Crippen molar-refractivity contribution in [3.8, 4) is 0 Å². The normalized spacial score (nSPS) is 11.8. The Hall–Kier alpha value is -2.43. The minimum atomic E-state index is -0.0729. The molecule has 0 saturated carbocycles. The van der Waals surface area contributed by atoms with Crippen molar-refractivity contribution in [1.29, 1.82) is 0 Å². The minimum Gasteiger partial charge on any atom is -0.363 e. The van der Waals surface area contributed by atoms with Crippen LogP contribution in [0.4, 0.5) is 5.82 Å². The summed E-state index contributed by atoms with van der Waals surface area (Å²) in [6.07, 6.45) is 3.48. The summed E-state index contributed by atoms with van der Waals surface area (Å²) in [7, 11) is 1.81. The van der Waals surface area contributed by atoms with Gasteiger partial charge in [0.15, 0.2) is 0 Å². The van der Waals surface area contributed by atoms with Gasteiger partial charge in [-0.25, -0.2) is 9.97 Å². The molecule has 1 amide bonds. The maximum absolute atomic E-state index is 12.4. The highest BCUT2D eigenvalue weighted by atomic mass is 16.2. The van der Waals surface area contributed by atoms with Crippen molar-refractivity contribution in [2.45, 2.75) is 32.7 Å². The highest BCUT2D eigenvalue weighted by Gasteiger charge is 2.14. The number of benzene rings is 1. The monoisotopic (exact) mass is 312 g/mol. The van der Waals surface area contributed by atoms with Crippen molar-refractivity contribution >= 4 is 11.7 Å². The van der Waals surface area contributed by atoms with E-state index in [4.69, 9.17) is 0 Å². The van der Waals surface area contributed by atoms with Crippen molar-refractivity contribution in [2.75, 3.05) is 18.9 Å². The number of aromatic nitrogens is 2. The lowest BCUT2D eigenvalue weighted by Crippen LogP contribution is -2.28. The molecule has 1 aromatic heterocycles. The van der Waals surface area contributed by atoms with E-state index in [2.05, 4.69) is 41.3 Å². The van der Waals surface area contributed by atoms with Crippen LogP contribution in [-0.2, 0) is 0 Å². The first-order valence-electron chi connectivity index (χ1n) is 8.00. The second-order valence-corrected chi connectivity index (χ2v) is 5.65. The van der Waals surface area contributed by atoms with Crippen LogP contribution in [0.2, 0.25) is 0 Å². The number of anilines is 1. The van der Waals surface area contributed by atoms with E-state index in [1.54, 1.807) is 18.0 Å². The lowest BCUT2D eigenvalue weighted by Gasteiger charge is -2.18. The Kier molecular flexibility index (Phi) is 6.09. The lowest BCUT2D eigenvalue weighted by atomic mass is 10.1. The number of hydrogen-bond donors (Lipinski definition) is 1. The van der Waals surface area contributed by atoms with E-state index in [1.165, 1.54) is 11.9 Å². The molecule has 0 bridgehead atoms. The summed E-state index contributed by atoms with van der Waals surface area (Å²) in [5, 5.41) is 3.31. The number of amides is 1. The first-order chi connectivity index (χ1) is 11.1. The van der Waals surface area contributed by atoms with Gasteiger partial charge in [-0.2, -0.15) is 0 Å². The molecule has 122 valence electrons. The van der Waals surface area contributed by atoms with Crippen LogP contribution in [0.25, 0.3) is 0 Å². The van der Waals surface area contributed by atoms with Gasteiger partial charge in [0.2, 0.25) is 0 Å². The molecular formula is C18H24N4O. The molecule has 1 heterocycles. The zero-order chi connectivity index (χ0) is 16.7. The summed E-state index contributed by atoms with van der Waals surface area (Å²) < 4.78 is 0. The van der Waals surface area contributed by atoms with Gasteiger partial charge < -0.3 is 10.2 Å². The molecule has 0 aliphatic heterocycles. The second-order valence-electron chi connectivity index (χ2n) is 5.65. The topological polar surface area (TPSA) is 58.1 Å². The molecule has 2 rings (SSSR count). The zero-order valence-electron chi connectivity index (χ0n) is 14.0. The lowest BCUT2D eigenvalue weighted by molar-refractivity contribution is 0.0787. The number of carbonyl (C=O) groups is 1. The molecule has 0 aliphatic rings. The second kappa shape index (κ2) is 8.27. The van der Waals surface area contributed by atoms with E-state index >= 15 is 0 Å². The van der Waals surface area contributed by atoms with Crippen LogP contribution in [0, 0.1) is 0 Å². The van der Waals surface area contributed by atoms with Crippen LogP contribution in [0.5, 0.6) is 0 Å². The Labute approximate surface area is 137 Å². The predicted octanol–water partition coefficient (Wildman–Crippen LogP) is 3.52. The molecule has 5 heteroatoms. The van der Waals surface area contributed by atoms with Gasteiger partial charge >= 0.3 is 0 Å². The molecule has 1 atom stereocenters. The van der Waals surface area contributed by atoms with Gasteiger partial charge in [-0.05, 0) is 18.9 Å². The number of nitrogens with one attached hydrogen (secondary N) is 1. The van der Waals surface area contributed by atoms with Crippen molar-refractivity contribution in [2.24, 2.45) is 0 Å². The molecule has 0 saturated heterocycles. The van der Waals surface area contributed by atoms with Crippen LogP contribution < -0.4 is 5.32 Å². The number of carbonyl (C=O) groups excluding carboxylic acids is 1. The molecule has 5 nitrogen and oxygen atoms in total. The molecule has 1 aromatic carbocycles. The number of rotatable bonds is 7. The number of nitrogens with zero attached hydrogens (tertiary/aromatic N) is 3. The summed E-state index contributed by atoms with van der Waals surface area (Å²) >= 11 is 0. The highest BCUT2D eigenvalue weighted by Crippen LogP contribution is 2.17. The number of unbranched alkanes of at least 4 members (excludes halogenated alkanes) is 1. The van der Waals surface area contributed by atoms with E-state index in [0.29, 0.717) is 11.5 Å². The Bertz CT molecular complexity index is 630. The van der Waals surface area contributed by atoms with E-state index < -0.39 is 0 Å². The Morgan fingerprint density at radius 1 is 1.26 bits per heavy atom. The fourth-order valence-corrected chi connectivity index (χ4v) is 2.29. The van der Waals surface area contributed by atoms with Crippen molar-refractivity contribution < 1.29 is 4.79 Å². The predicted molar refractivity (Wildman–Crippen MR) is 92.4 cm³/mol. The Balaban J connectivity index is 2.06. The fourth-order valence-electron chi connectivity index (χ4n) is 2.29. The van der Waals surface area contributed by atoms with E-state index in [9.17, 15) is 4.79 Å². The smallest absolute Gasteiger partial charge is 0.272 e. The largest absolute Gasteiger partial charge is 0.363 e. The van der Waals surface area contributed by atoms with Crippen LogP contribution in [-0.4, -0.2) is 34.4 Å². The average molecular weight is 312 g/mol. The third-order valence-electron chi connectivity index (χ3n) is 3.74. The molecule has 0 fully saturated rings. The third kappa shape index (κ3) is 4.77. The molecule has 2 aromatic rings.